The summed E-state index contributed by atoms with van der Waals surface area (Å²) in [6, 6.07) is 7.25. The van der Waals surface area contributed by atoms with E-state index in [1.165, 1.54) is 0 Å². The first-order chi connectivity index (χ1) is 12.4. The predicted molar refractivity (Wildman–Crippen MR) is 104 cm³/mol. The van der Waals surface area contributed by atoms with Crippen molar-refractivity contribution >= 4 is 35.2 Å². The second-order valence-electron chi connectivity index (χ2n) is 5.61. The third-order valence-electron chi connectivity index (χ3n) is 3.87. The molecule has 1 heterocycles. The van der Waals surface area contributed by atoms with Crippen LogP contribution in [0.1, 0.15) is 22.5 Å². The lowest BCUT2D eigenvalue weighted by Crippen LogP contribution is -2.24. The minimum absolute atomic E-state index is 0.00776. The Morgan fingerprint density at radius 1 is 1.38 bits per heavy atom. The van der Waals surface area contributed by atoms with Crippen LogP contribution in [0.2, 0.25) is 10.0 Å². The van der Waals surface area contributed by atoms with Crippen molar-refractivity contribution in [1.29, 1.82) is 5.26 Å². The molecule has 0 fully saturated rings. The molecule has 1 aromatic carbocycles. The van der Waals surface area contributed by atoms with E-state index in [-0.39, 0.29) is 5.57 Å². The van der Waals surface area contributed by atoms with Gasteiger partial charge in [-0.3, -0.25) is 9.48 Å². The molecule has 0 unspecified atom stereocenters. The van der Waals surface area contributed by atoms with Crippen LogP contribution >= 0.6 is 23.2 Å². The number of nitrogens with one attached hydrogen (secondary N) is 1. The molecular formula is C19H18Cl2N4O. The smallest absolute Gasteiger partial charge is 0.262 e. The largest absolute Gasteiger partial charge is 0.348 e. The van der Waals surface area contributed by atoms with E-state index >= 15 is 0 Å². The summed E-state index contributed by atoms with van der Waals surface area (Å²) >= 11 is 12.5. The zero-order valence-electron chi connectivity index (χ0n) is 14.5. The quantitative estimate of drug-likeness (QED) is 0.460. The molecule has 0 aliphatic rings. The number of benzene rings is 1. The lowest BCUT2D eigenvalue weighted by Gasteiger charge is -2.09. The SMILES string of the molecule is C=CCNC(=O)/C(C#N)=C/c1c(C)nn(Cc2c(Cl)cccc2Cl)c1C. The van der Waals surface area contributed by atoms with Crippen molar-refractivity contribution in [2.75, 3.05) is 6.54 Å². The maximum Gasteiger partial charge on any atom is 0.262 e. The lowest BCUT2D eigenvalue weighted by molar-refractivity contribution is -0.116. The summed E-state index contributed by atoms with van der Waals surface area (Å²) in [7, 11) is 0. The average Bonchev–Trinajstić information content (AvgIpc) is 2.87. The molecule has 0 saturated heterocycles. The van der Waals surface area contributed by atoms with Gasteiger partial charge in [-0.1, -0.05) is 35.3 Å². The zero-order valence-corrected chi connectivity index (χ0v) is 16.0. The second-order valence-corrected chi connectivity index (χ2v) is 6.43. The standard InChI is InChI=1S/C19H18Cl2N4O/c1-4-8-23-19(26)14(10-22)9-15-12(2)24-25(13(15)3)11-16-17(20)6-5-7-18(16)21/h4-7,9H,1,8,11H2,2-3H3,(H,23,26)/b14-9+. The Balaban J connectivity index is 2.38. The molecule has 0 radical (unpaired) electrons. The van der Waals surface area contributed by atoms with Gasteiger partial charge in [0.2, 0.25) is 0 Å². The van der Waals surface area contributed by atoms with Crippen molar-refractivity contribution in [2.24, 2.45) is 0 Å². The molecule has 0 aliphatic heterocycles. The molecule has 2 rings (SSSR count). The van der Waals surface area contributed by atoms with Gasteiger partial charge in [-0.25, -0.2) is 0 Å². The molecule has 1 N–H and O–H groups in total. The second kappa shape index (κ2) is 8.70. The minimum atomic E-state index is -0.451. The van der Waals surface area contributed by atoms with Gasteiger partial charge in [0.05, 0.1) is 12.2 Å². The molecular weight excluding hydrogens is 371 g/mol. The molecule has 0 atom stereocenters. The number of carbonyl (C=O) groups is 1. The third-order valence-corrected chi connectivity index (χ3v) is 4.58. The number of hydrogen-bond acceptors (Lipinski definition) is 3. The lowest BCUT2D eigenvalue weighted by atomic mass is 10.1. The molecule has 2 aromatic rings. The maximum atomic E-state index is 12.0. The highest BCUT2D eigenvalue weighted by molar-refractivity contribution is 6.35. The van der Waals surface area contributed by atoms with Crippen LogP contribution in [0.4, 0.5) is 0 Å². The molecule has 0 saturated carbocycles. The number of amides is 1. The number of halogens is 2. The number of aromatic nitrogens is 2. The van der Waals surface area contributed by atoms with E-state index in [2.05, 4.69) is 17.0 Å². The van der Waals surface area contributed by atoms with E-state index in [1.807, 2.05) is 19.9 Å². The Morgan fingerprint density at radius 2 is 2.04 bits per heavy atom. The van der Waals surface area contributed by atoms with Crippen molar-refractivity contribution < 1.29 is 4.79 Å². The van der Waals surface area contributed by atoms with Gasteiger partial charge >= 0.3 is 0 Å². The van der Waals surface area contributed by atoms with Crippen LogP contribution in [0.3, 0.4) is 0 Å². The Labute approximate surface area is 162 Å². The summed E-state index contributed by atoms with van der Waals surface area (Å²) < 4.78 is 1.75. The fraction of sp³-hybridized carbons (Fsp3) is 0.211. The molecule has 1 aromatic heterocycles. The van der Waals surface area contributed by atoms with Gasteiger partial charge in [0, 0.05) is 33.4 Å². The first kappa shape index (κ1) is 19.8. The molecule has 134 valence electrons. The fourth-order valence-electron chi connectivity index (χ4n) is 2.46. The number of aryl methyl sites for hydroxylation is 1. The van der Waals surface area contributed by atoms with Gasteiger partial charge in [0.25, 0.3) is 5.91 Å². The normalized spacial score (nSPS) is 11.1. The fourth-order valence-corrected chi connectivity index (χ4v) is 2.98. The van der Waals surface area contributed by atoms with Crippen molar-refractivity contribution in [1.82, 2.24) is 15.1 Å². The monoisotopic (exact) mass is 388 g/mol. The summed E-state index contributed by atoms with van der Waals surface area (Å²) in [5.41, 5.74) is 3.01. The van der Waals surface area contributed by atoms with Gasteiger partial charge in [0.1, 0.15) is 11.6 Å². The average molecular weight is 389 g/mol. The molecule has 0 spiro atoms. The molecule has 1 amide bonds. The number of carbonyl (C=O) groups excluding carboxylic acids is 1. The van der Waals surface area contributed by atoms with E-state index in [9.17, 15) is 10.1 Å². The van der Waals surface area contributed by atoms with Crippen LogP contribution in [-0.4, -0.2) is 22.2 Å². The van der Waals surface area contributed by atoms with E-state index in [0.717, 1.165) is 16.8 Å². The Morgan fingerprint density at radius 3 is 2.62 bits per heavy atom. The van der Waals surface area contributed by atoms with Crippen molar-refractivity contribution in [3.05, 3.63) is 69.0 Å². The third kappa shape index (κ3) is 4.34. The van der Waals surface area contributed by atoms with Crippen molar-refractivity contribution in [3.63, 3.8) is 0 Å². The van der Waals surface area contributed by atoms with Crippen LogP contribution in [0.25, 0.3) is 6.08 Å². The van der Waals surface area contributed by atoms with Gasteiger partial charge < -0.3 is 5.32 Å². The molecule has 7 heteroatoms. The molecule has 0 bridgehead atoms. The first-order valence-corrected chi connectivity index (χ1v) is 8.62. The summed E-state index contributed by atoms with van der Waals surface area (Å²) in [5, 5.41) is 17.5. The van der Waals surface area contributed by atoms with E-state index < -0.39 is 5.91 Å². The topological polar surface area (TPSA) is 70.7 Å². The van der Waals surface area contributed by atoms with E-state index in [4.69, 9.17) is 23.2 Å². The van der Waals surface area contributed by atoms with Crippen LogP contribution in [0, 0.1) is 25.2 Å². The number of nitrogens with zero attached hydrogens (tertiary/aromatic N) is 3. The summed E-state index contributed by atoms with van der Waals surface area (Å²) in [5.74, 6) is -0.451. The Hall–Kier alpha value is -2.55. The molecule has 0 aliphatic carbocycles. The van der Waals surface area contributed by atoms with E-state index in [0.29, 0.717) is 28.8 Å². The van der Waals surface area contributed by atoms with Crippen LogP contribution in [0.5, 0.6) is 0 Å². The van der Waals surface area contributed by atoms with Crippen molar-refractivity contribution in [2.45, 2.75) is 20.4 Å². The molecule has 26 heavy (non-hydrogen) atoms. The number of nitriles is 1. The van der Waals surface area contributed by atoms with Crippen LogP contribution < -0.4 is 5.32 Å². The van der Waals surface area contributed by atoms with Gasteiger partial charge in [0.15, 0.2) is 0 Å². The highest BCUT2D eigenvalue weighted by Crippen LogP contribution is 2.26. The summed E-state index contributed by atoms with van der Waals surface area (Å²) in [4.78, 5) is 12.0. The first-order valence-electron chi connectivity index (χ1n) is 7.86. The number of rotatable bonds is 6. The minimum Gasteiger partial charge on any atom is -0.348 e. The highest BCUT2D eigenvalue weighted by atomic mass is 35.5. The van der Waals surface area contributed by atoms with Crippen LogP contribution in [-0.2, 0) is 11.3 Å². The summed E-state index contributed by atoms with van der Waals surface area (Å²) in [6.07, 6.45) is 3.09. The molecule has 5 nitrogen and oxygen atoms in total. The van der Waals surface area contributed by atoms with Crippen molar-refractivity contribution in [3.8, 4) is 6.07 Å². The Bertz CT molecular complexity index is 902. The van der Waals surface area contributed by atoms with Gasteiger partial charge in [-0.15, -0.1) is 6.58 Å². The zero-order chi connectivity index (χ0) is 19.3. The maximum absolute atomic E-state index is 12.0. The number of hydrogen-bond donors (Lipinski definition) is 1. The van der Waals surface area contributed by atoms with Crippen LogP contribution in [0.15, 0.2) is 36.4 Å². The van der Waals surface area contributed by atoms with Gasteiger partial charge in [-0.05, 0) is 32.1 Å². The highest BCUT2D eigenvalue weighted by Gasteiger charge is 2.16. The summed E-state index contributed by atoms with van der Waals surface area (Å²) in [6.45, 7) is 7.91. The predicted octanol–water partition coefficient (Wildman–Crippen LogP) is 4.06. The van der Waals surface area contributed by atoms with Gasteiger partial charge in [-0.2, -0.15) is 10.4 Å². The van der Waals surface area contributed by atoms with E-state index in [1.54, 1.807) is 35.0 Å². The Kier molecular flexibility index (Phi) is 6.62.